The zero-order valence-corrected chi connectivity index (χ0v) is 20.9. The Hall–Kier alpha value is -2.08. The highest BCUT2D eigenvalue weighted by atomic mass is 15.3. The van der Waals surface area contributed by atoms with Gasteiger partial charge in [-0.2, -0.15) is 0 Å². The van der Waals surface area contributed by atoms with Gasteiger partial charge in [0.15, 0.2) is 0 Å². The summed E-state index contributed by atoms with van der Waals surface area (Å²) < 4.78 is 0. The van der Waals surface area contributed by atoms with E-state index in [1.807, 2.05) is 0 Å². The van der Waals surface area contributed by atoms with Gasteiger partial charge in [-0.15, -0.1) is 5.92 Å². The van der Waals surface area contributed by atoms with Gasteiger partial charge in [-0.25, -0.2) is 0 Å². The molecule has 1 saturated heterocycles. The molecule has 2 aliphatic carbocycles. The van der Waals surface area contributed by atoms with Crippen LogP contribution in [0, 0.1) is 17.8 Å². The highest BCUT2D eigenvalue weighted by Crippen LogP contribution is 2.36. The fourth-order valence-electron chi connectivity index (χ4n) is 6.79. The van der Waals surface area contributed by atoms with E-state index < -0.39 is 0 Å². The summed E-state index contributed by atoms with van der Waals surface area (Å²) in [5.41, 5.74) is 2.87. The van der Waals surface area contributed by atoms with Gasteiger partial charge in [0.1, 0.15) is 0 Å². The minimum absolute atomic E-state index is 0.459. The molecule has 0 N–H and O–H groups in total. The summed E-state index contributed by atoms with van der Waals surface area (Å²) in [6.07, 6.45) is 14.5. The van der Waals surface area contributed by atoms with Gasteiger partial charge in [-0.1, -0.05) is 98.7 Å². The molecule has 3 fully saturated rings. The Morgan fingerprint density at radius 1 is 0.706 bits per heavy atom. The van der Waals surface area contributed by atoms with Crippen LogP contribution in [0.1, 0.15) is 75.3 Å². The number of rotatable bonds is 6. The molecule has 2 aromatic rings. The van der Waals surface area contributed by atoms with Gasteiger partial charge in [0.05, 0.1) is 6.04 Å². The predicted molar refractivity (Wildman–Crippen MR) is 143 cm³/mol. The smallest absolute Gasteiger partial charge is 0.0746 e. The number of benzene rings is 2. The third-order valence-electron chi connectivity index (χ3n) is 8.55. The molecule has 0 spiro atoms. The molecule has 0 radical (unpaired) electrons. The Kier molecular flexibility index (Phi) is 8.39. The Bertz CT molecular complexity index is 922. The van der Waals surface area contributed by atoms with Crippen molar-refractivity contribution in [3.8, 4) is 11.8 Å². The fourth-order valence-corrected chi connectivity index (χ4v) is 6.79. The molecule has 0 unspecified atom stereocenters. The highest BCUT2D eigenvalue weighted by molar-refractivity contribution is 5.19. The molecule has 0 bridgehead atoms. The van der Waals surface area contributed by atoms with Gasteiger partial charge in [-0.05, 0) is 49.1 Å². The summed E-state index contributed by atoms with van der Waals surface area (Å²) in [4.78, 5) is 5.70. The van der Waals surface area contributed by atoms with Gasteiger partial charge in [-0.3, -0.25) is 9.80 Å². The number of piperazine rings is 1. The van der Waals surface area contributed by atoms with Crippen molar-refractivity contribution in [2.75, 3.05) is 13.1 Å². The first-order valence-electron chi connectivity index (χ1n) is 13.9. The zero-order valence-electron chi connectivity index (χ0n) is 20.9. The lowest BCUT2D eigenvalue weighted by molar-refractivity contribution is -0.0334. The molecule has 3 aliphatic rings. The maximum atomic E-state index is 3.88. The zero-order chi connectivity index (χ0) is 23.0. The van der Waals surface area contributed by atoms with E-state index in [0.29, 0.717) is 18.1 Å². The van der Waals surface area contributed by atoms with Crippen LogP contribution >= 0.6 is 0 Å². The van der Waals surface area contributed by atoms with Crippen molar-refractivity contribution in [1.82, 2.24) is 9.80 Å². The van der Waals surface area contributed by atoms with E-state index in [9.17, 15) is 0 Å². The molecule has 1 aliphatic heterocycles. The quantitative estimate of drug-likeness (QED) is 0.448. The lowest BCUT2D eigenvalue weighted by Crippen LogP contribution is -2.63. The second-order valence-corrected chi connectivity index (χ2v) is 10.8. The van der Waals surface area contributed by atoms with Crippen molar-refractivity contribution in [3.05, 3.63) is 71.8 Å². The molecule has 1 heterocycles. The van der Waals surface area contributed by atoms with E-state index in [4.69, 9.17) is 0 Å². The van der Waals surface area contributed by atoms with E-state index in [1.165, 1.54) is 82.0 Å². The van der Waals surface area contributed by atoms with Gasteiger partial charge >= 0.3 is 0 Å². The molecule has 2 aromatic carbocycles. The first kappa shape index (κ1) is 23.7. The van der Waals surface area contributed by atoms with Crippen molar-refractivity contribution < 1.29 is 0 Å². The van der Waals surface area contributed by atoms with Crippen molar-refractivity contribution >= 4 is 0 Å². The summed E-state index contributed by atoms with van der Waals surface area (Å²) in [5.74, 6) is 8.32. The van der Waals surface area contributed by atoms with Gasteiger partial charge in [0.25, 0.3) is 0 Å². The molecule has 180 valence electrons. The number of hydrogen-bond donors (Lipinski definition) is 0. The van der Waals surface area contributed by atoms with Crippen LogP contribution in [0.3, 0.4) is 0 Å². The largest absolute Gasteiger partial charge is 0.293 e. The van der Waals surface area contributed by atoms with E-state index in [0.717, 1.165) is 25.3 Å². The third kappa shape index (κ3) is 5.94. The average Bonchev–Trinajstić information content (AvgIpc) is 2.91. The second-order valence-electron chi connectivity index (χ2n) is 10.8. The van der Waals surface area contributed by atoms with E-state index in [1.54, 1.807) is 0 Å². The minimum Gasteiger partial charge on any atom is -0.293 e. The highest BCUT2D eigenvalue weighted by Gasteiger charge is 2.42. The standard InChI is InChI=1S/C32H42N2/c1-4-14-27(15-5-1)16-10-11-21-30(29-19-8-3-9-20-29)34-25-24-33(26-28-17-6-2-7-18-28)31-22-12-13-23-32(31)34/h1-2,4-7,14-15,17-18,29-32H,3,8-10,12-13,16,19-20,22-26H2/t30-,31-,32-/m1/s1. The van der Waals surface area contributed by atoms with E-state index >= 15 is 0 Å². The molecule has 2 saturated carbocycles. The summed E-state index contributed by atoms with van der Waals surface area (Å²) in [5, 5.41) is 0. The van der Waals surface area contributed by atoms with Crippen LogP contribution in [0.15, 0.2) is 60.7 Å². The summed E-state index contributed by atoms with van der Waals surface area (Å²) >= 11 is 0. The monoisotopic (exact) mass is 454 g/mol. The molecule has 34 heavy (non-hydrogen) atoms. The lowest BCUT2D eigenvalue weighted by Gasteiger charge is -2.53. The van der Waals surface area contributed by atoms with Crippen LogP contribution in [0.5, 0.6) is 0 Å². The number of fused-ring (bicyclic) bond motifs is 1. The molecule has 2 heteroatoms. The van der Waals surface area contributed by atoms with Crippen LogP contribution in [-0.4, -0.2) is 41.0 Å². The lowest BCUT2D eigenvalue weighted by atomic mass is 9.79. The SMILES string of the molecule is C(#C[C@H](C1CCCCC1)N1CCN(Cc2ccccc2)[C@@H]2CCCC[C@H]21)CCc1ccccc1. The number of aryl methyl sites for hydroxylation is 1. The molecular weight excluding hydrogens is 412 g/mol. The number of hydrogen-bond acceptors (Lipinski definition) is 2. The Morgan fingerprint density at radius 2 is 1.35 bits per heavy atom. The molecular formula is C32H42N2. The average molecular weight is 455 g/mol. The van der Waals surface area contributed by atoms with Crippen LogP contribution in [-0.2, 0) is 13.0 Å². The van der Waals surface area contributed by atoms with Crippen LogP contribution < -0.4 is 0 Å². The first-order valence-corrected chi connectivity index (χ1v) is 13.9. The molecule has 0 aromatic heterocycles. The van der Waals surface area contributed by atoms with Crippen LogP contribution in [0.25, 0.3) is 0 Å². The Morgan fingerprint density at radius 3 is 2.09 bits per heavy atom. The molecule has 3 atom stereocenters. The van der Waals surface area contributed by atoms with Gasteiger partial charge < -0.3 is 0 Å². The maximum absolute atomic E-state index is 3.88. The molecule has 2 nitrogen and oxygen atoms in total. The van der Waals surface area contributed by atoms with Crippen molar-refractivity contribution in [1.29, 1.82) is 0 Å². The Balaban J connectivity index is 1.31. The van der Waals surface area contributed by atoms with E-state index in [2.05, 4.69) is 82.3 Å². The van der Waals surface area contributed by atoms with Crippen LogP contribution in [0.4, 0.5) is 0 Å². The van der Waals surface area contributed by atoms with Crippen molar-refractivity contribution in [2.24, 2.45) is 5.92 Å². The second kappa shape index (κ2) is 12.1. The molecule has 0 amide bonds. The summed E-state index contributed by atoms with van der Waals surface area (Å²) in [6, 6.07) is 23.8. The van der Waals surface area contributed by atoms with Crippen molar-refractivity contribution in [3.63, 3.8) is 0 Å². The number of nitrogens with zero attached hydrogens (tertiary/aromatic N) is 2. The predicted octanol–water partition coefficient (Wildman–Crippen LogP) is 6.70. The van der Waals surface area contributed by atoms with Crippen LogP contribution in [0.2, 0.25) is 0 Å². The van der Waals surface area contributed by atoms with Gasteiger partial charge in [0, 0.05) is 38.1 Å². The van der Waals surface area contributed by atoms with E-state index in [-0.39, 0.29) is 0 Å². The topological polar surface area (TPSA) is 6.48 Å². The summed E-state index contributed by atoms with van der Waals surface area (Å²) in [6.45, 7) is 3.47. The van der Waals surface area contributed by atoms with Gasteiger partial charge in [0.2, 0.25) is 0 Å². The maximum Gasteiger partial charge on any atom is 0.0746 e. The fraction of sp³-hybridized carbons (Fsp3) is 0.562. The van der Waals surface area contributed by atoms with Crippen molar-refractivity contribution in [2.45, 2.75) is 95.3 Å². The Labute approximate surface area is 207 Å². The third-order valence-corrected chi connectivity index (χ3v) is 8.55. The minimum atomic E-state index is 0.459. The first-order chi connectivity index (χ1) is 16.9. The summed E-state index contributed by atoms with van der Waals surface area (Å²) in [7, 11) is 0. The molecule has 5 rings (SSSR count). The normalized spacial score (nSPS) is 25.2.